The second kappa shape index (κ2) is 7.64. The van der Waals surface area contributed by atoms with Gasteiger partial charge in [0.2, 0.25) is 0 Å². The van der Waals surface area contributed by atoms with Gasteiger partial charge >= 0.3 is 5.51 Å². The maximum absolute atomic E-state index is 12.0. The Morgan fingerprint density at radius 2 is 1.85 bits per heavy atom. The van der Waals surface area contributed by atoms with E-state index >= 15 is 0 Å². The van der Waals surface area contributed by atoms with Crippen molar-refractivity contribution in [2.75, 3.05) is 26.5 Å². The highest BCUT2D eigenvalue weighted by Crippen LogP contribution is 2.31. The molecule has 1 unspecified atom stereocenters. The highest BCUT2D eigenvalue weighted by Gasteiger charge is 2.27. The van der Waals surface area contributed by atoms with Crippen LogP contribution in [0.3, 0.4) is 0 Å². The third kappa shape index (κ3) is 5.50. The van der Waals surface area contributed by atoms with Gasteiger partial charge in [-0.05, 0) is 36.4 Å². The number of methoxy groups -OCH3 is 2. The van der Waals surface area contributed by atoms with E-state index in [2.05, 4.69) is 5.32 Å². The first kappa shape index (κ1) is 17.0. The van der Waals surface area contributed by atoms with Crippen LogP contribution >= 0.6 is 11.8 Å². The second-order valence-electron chi connectivity index (χ2n) is 4.08. The molecule has 0 aliphatic heterocycles. The fraction of sp³-hybridized carbons (Fsp3) is 0.538. The summed E-state index contributed by atoms with van der Waals surface area (Å²) in [6.07, 6.45) is 0. The molecule has 0 bridgehead atoms. The van der Waals surface area contributed by atoms with Gasteiger partial charge in [-0.1, -0.05) is 6.07 Å². The normalized spacial score (nSPS) is 13.1. The molecule has 0 aliphatic carbocycles. The van der Waals surface area contributed by atoms with Crippen molar-refractivity contribution in [1.29, 1.82) is 0 Å². The molecule has 20 heavy (non-hydrogen) atoms. The summed E-state index contributed by atoms with van der Waals surface area (Å²) in [6.45, 7) is 2.17. The highest BCUT2D eigenvalue weighted by atomic mass is 32.2. The number of nitrogens with one attached hydrogen (secondary N) is 1. The van der Waals surface area contributed by atoms with Gasteiger partial charge in [0.1, 0.15) is 0 Å². The van der Waals surface area contributed by atoms with Crippen LogP contribution in [0.1, 0.15) is 18.5 Å². The summed E-state index contributed by atoms with van der Waals surface area (Å²) in [7, 11) is 3.09. The van der Waals surface area contributed by atoms with Gasteiger partial charge in [0, 0.05) is 18.3 Å². The average molecular weight is 309 g/mol. The molecule has 1 atom stereocenters. The van der Waals surface area contributed by atoms with Crippen molar-refractivity contribution < 1.29 is 22.6 Å². The molecule has 1 rings (SSSR count). The topological polar surface area (TPSA) is 30.5 Å². The van der Waals surface area contributed by atoms with Crippen LogP contribution < -0.4 is 14.8 Å². The molecule has 7 heteroatoms. The van der Waals surface area contributed by atoms with E-state index in [-0.39, 0.29) is 30.1 Å². The highest BCUT2D eigenvalue weighted by molar-refractivity contribution is 8.00. The maximum Gasteiger partial charge on any atom is 0.441 e. The van der Waals surface area contributed by atoms with Crippen molar-refractivity contribution in [3.8, 4) is 11.5 Å². The third-order valence-electron chi connectivity index (χ3n) is 2.73. The van der Waals surface area contributed by atoms with E-state index in [4.69, 9.17) is 9.47 Å². The molecule has 0 aromatic heterocycles. The molecule has 0 fully saturated rings. The summed E-state index contributed by atoms with van der Waals surface area (Å²) in [4.78, 5) is 0. The van der Waals surface area contributed by atoms with Crippen LogP contribution in [0.25, 0.3) is 0 Å². The molecule has 1 N–H and O–H groups in total. The van der Waals surface area contributed by atoms with E-state index < -0.39 is 5.51 Å². The average Bonchev–Trinajstić information content (AvgIpc) is 2.41. The summed E-state index contributed by atoms with van der Waals surface area (Å²) >= 11 is -0.0227. The number of thioether (sulfide) groups is 1. The van der Waals surface area contributed by atoms with Crippen molar-refractivity contribution in [2.45, 2.75) is 18.5 Å². The maximum atomic E-state index is 12.0. The SMILES string of the molecule is COc1ccc(C(C)NCCSC(F)(F)F)cc1OC. The minimum Gasteiger partial charge on any atom is -0.493 e. The van der Waals surface area contributed by atoms with Crippen LogP contribution in [0, 0.1) is 0 Å². The lowest BCUT2D eigenvalue weighted by atomic mass is 10.1. The molecule has 0 amide bonds. The Morgan fingerprint density at radius 3 is 2.40 bits per heavy atom. The van der Waals surface area contributed by atoms with Gasteiger partial charge < -0.3 is 14.8 Å². The quantitative estimate of drug-likeness (QED) is 0.780. The van der Waals surface area contributed by atoms with Crippen molar-refractivity contribution in [2.24, 2.45) is 0 Å². The Kier molecular flexibility index (Phi) is 6.48. The van der Waals surface area contributed by atoms with E-state index in [0.717, 1.165) is 5.56 Å². The van der Waals surface area contributed by atoms with Crippen LogP contribution in [0.4, 0.5) is 13.2 Å². The van der Waals surface area contributed by atoms with E-state index in [9.17, 15) is 13.2 Å². The first-order chi connectivity index (χ1) is 9.37. The molecule has 0 spiro atoms. The van der Waals surface area contributed by atoms with Gasteiger partial charge in [-0.15, -0.1) is 0 Å². The zero-order valence-electron chi connectivity index (χ0n) is 11.6. The fourth-order valence-electron chi connectivity index (χ4n) is 1.68. The minimum absolute atomic E-state index is 0.0128. The number of hydrogen-bond donors (Lipinski definition) is 1. The Hall–Kier alpha value is -1.08. The van der Waals surface area contributed by atoms with Gasteiger partial charge in [0.15, 0.2) is 11.5 Å². The van der Waals surface area contributed by atoms with Crippen LogP contribution in [0.15, 0.2) is 18.2 Å². The first-order valence-electron chi connectivity index (χ1n) is 6.03. The molecule has 0 radical (unpaired) electrons. The number of halogens is 3. The summed E-state index contributed by atoms with van der Waals surface area (Å²) in [5.41, 5.74) is -3.24. The number of alkyl halides is 3. The van der Waals surface area contributed by atoms with Crippen LogP contribution in [0.5, 0.6) is 11.5 Å². The summed E-state index contributed by atoms with van der Waals surface area (Å²) in [6, 6.07) is 5.38. The van der Waals surface area contributed by atoms with Gasteiger partial charge in [-0.2, -0.15) is 13.2 Å². The molecule has 1 aromatic rings. The fourth-order valence-corrected chi connectivity index (χ4v) is 2.13. The van der Waals surface area contributed by atoms with Crippen LogP contribution in [0.2, 0.25) is 0 Å². The Labute approximate surface area is 120 Å². The predicted molar refractivity (Wildman–Crippen MR) is 74.5 cm³/mol. The predicted octanol–water partition coefficient (Wildman–Crippen LogP) is 3.61. The van der Waals surface area contributed by atoms with Gasteiger partial charge in [-0.3, -0.25) is 0 Å². The first-order valence-corrected chi connectivity index (χ1v) is 7.02. The zero-order valence-corrected chi connectivity index (χ0v) is 12.4. The third-order valence-corrected chi connectivity index (χ3v) is 3.46. The lowest BCUT2D eigenvalue weighted by molar-refractivity contribution is -0.0327. The molecule has 0 saturated heterocycles. The molecule has 0 aliphatic rings. The van der Waals surface area contributed by atoms with E-state index in [1.54, 1.807) is 20.3 Å². The van der Waals surface area contributed by atoms with Gasteiger partial charge in [0.05, 0.1) is 14.2 Å². The van der Waals surface area contributed by atoms with Crippen molar-refractivity contribution in [3.63, 3.8) is 0 Å². The Balaban J connectivity index is 2.53. The number of hydrogen-bond acceptors (Lipinski definition) is 4. The number of benzene rings is 1. The van der Waals surface area contributed by atoms with Gasteiger partial charge in [-0.25, -0.2) is 0 Å². The molecule has 114 valence electrons. The lowest BCUT2D eigenvalue weighted by Crippen LogP contribution is -2.22. The summed E-state index contributed by atoms with van der Waals surface area (Å²) in [5, 5.41) is 3.04. The molecule has 1 aromatic carbocycles. The Bertz CT molecular complexity index is 427. The number of rotatable bonds is 7. The smallest absolute Gasteiger partial charge is 0.441 e. The Morgan fingerprint density at radius 1 is 1.20 bits per heavy atom. The van der Waals surface area contributed by atoms with Crippen LogP contribution in [-0.2, 0) is 0 Å². The standard InChI is InChI=1S/C13H18F3NO2S/c1-9(17-6-7-20-13(14,15)16)10-4-5-11(18-2)12(8-10)19-3/h4-5,8-9,17H,6-7H2,1-3H3. The van der Waals surface area contributed by atoms with Crippen molar-refractivity contribution >= 4 is 11.8 Å². The summed E-state index contributed by atoms with van der Waals surface area (Å²) < 4.78 is 46.3. The van der Waals surface area contributed by atoms with Crippen LogP contribution in [-0.4, -0.2) is 32.0 Å². The largest absolute Gasteiger partial charge is 0.493 e. The zero-order chi connectivity index (χ0) is 15.2. The van der Waals surface area contributed by atoms with Gasteiger partial charge in [0.25, 0.3) is 0 Å². The van der Waals surface area contributed by atoms with Crippen molar-refractivity contribution in [1.82, 2.24) is 5.32 Å². The molecular formula is C13H18F3NO2S. The monoisotopic (exact) mass is 309 g/mol. The molecule has 3 nitrogen and oxygen atoms in total. The van der Waals surface area contributed by atoms with E-state index in [1.807, 2.05) is 19.1 Å². The van der Waals surface area contributed by atoms with Crippen molar-refractivity contribution in [3.05, 3.63) is 23.8 Å². The van der Waals surface area contributed by atoms with E-state index in [1.165, 1.54) is 0 Å². The molecule has 0 heterocycles. The minimum atomic E-state index is -4.17. The lowest BCUT2D eigenvalue weighted by Gasteiger charge is -2.16. The molecule has 0 saturated carbocycles. The number of ether oxygens (including phenoxy) is 2. The molecular weight excluding hydrogens is 291 g/mol. The van der Waals surface area contributed by atoms with E-state index in [0.29, 0.717) is 11.5 Å². The summed E-state index contributed by atoms with van der Waals surface area (Å²) in [5.74, 6) is 1.21. The second-order valence-corrected chi connectivity index (χ2v) is 5.24.